The molecule has 1 N–H and O–H groups in total. The van der Waals surface area contributed by atoms with E-state index in [0.717, 1.165) is 23.9 Å². The second kappa shape index (κ2) is 10.8. The van der Waals surface area contributed by atoms with Crippen molar-refractivity contribution in [1.82, 2.24) is 5.48 Å². The fourth-order valence-electron chi connectivity index (χ4n) is 2.52. The molecule has 132 valence electrons. The summed E-state index contributed by atoms with van der Waals surface area (Å²) in [6.07, 6.45) is 6.04. The molecule has 0 aliphatic rings. The van der Waals surface area contributed by atoms with Gasteiger partial charge in [0.05, 0.1) is 27.2 Å². The molecule has 0 aliphatic carbocycles. The molecule has 3 nitrogen and oxygen atoms in total. The van der Waals surface area contributed by atoms with Gasteiger partial charge in [-0.1, -0.05) is 49.6 Å². The van der Waals surface area contributed by atoms with Crippen LogP contribution in [0.1, 0.15) is 63.2 Å². The number of nitrogens with zero attached hydrogens (tertiary/aromatic N) is 1. The first-order chi connectivity index (χ1) is 11.0. The van der Waals surface area contributed by atoms with Crippen molar-refractivity contribution in [1.29, 1.82) is 0 Å². The molecule has 0 bridgehead atoms. The predicted molar refractivity (Wildman–Crippen MR) is 99.3 cm³/mol. The molecule has 1 rings (SSSR count). The molecule has 23 heavy (non-hydrogen) atoms. The van der Waals surface area contributed by atoms with Gasteiger partial charge in [0.15, 0.2) is 0 Å². The summed E-state index contributed by atoms with van der Waals surface area (Å²) in [5.74, 6) is 0. The molecule has 0 aromatic heterocycles. The van der Waals surface area contributed by atoms with Gasteiger partial charge in [-0.25, -0.2) is 5.48 Å². The SMILES string of the molecule is CCCCC(ONCCCC[N+](C)(C)CC)c1ccc(C)cc1. The first-order valence-electron chi connectivity index (χ1n) is 9.25. The van der Waals surface area contributed by atoms with Gasteiger partial charge in [0.2, 0.25) is 0 Å². The van der Waals surface area contributed by atoms with Gasteiger partial charge in [-0.2, -0.15) is 0 Å². The highest BCUT2D eigenvalue weighted by molar-refractivity contribution is 5.23. The molecule has 0 fully saturated rings. The van der Waals surface area contributed by atoms with Crippen molar-refractivity contribution in [2.45, 2.75) is 59.0 Å². The van der Waals surface area contributed by atoms with Gasteiger partial charge in [-0.15, -0.1) is 0 Å². The monoisotopic (exact) mass is 321 g/mol. The number of benzene rings is 1. The van der Waals surface area contributed by atoms with Crippen LogP contribution in [0, 0.1) is 6.92 Å². The standard InChI is InChI=1S/C20H37N2O/c1-6-8-11-20(19-14-12-18(3)13-15-19)23-21-16-9-10-17-22(4,5)7-2/h12-15,20-21H,6-11,16-17H2,1-5H3/q+1. The number of rotatable bonds is 12. The van der Waals surface area contributed by atoms with Crippen LogP contribution in [-0.4, -0.2) is 38.2 Å². The average molecular weight is 322 g/mol. The highest BCUT2D eigenvalue weighted by Gasteiger charge is 2.13. The Labute approximate surface area is 143 Å². The Bertz CT molecular complexity index is 414. The van der Waals surface area contributed by atoms with Crippen molar-refractivity contribution in [3.8, 4) is 0 Å². The van der Waals surface area contributed by atoms with Crippen LogP contribution in [0.4, 0.5) is 0 Å². The van der Waals surface area contributed by atoms with E-state index in [2.05, 4.69) is 64.6 Å². The van der Waals surface area contributed by atoms with Crippen molar-refractivity contribution in [2.75, 3.05) is 33.7 Å². The van der Waals surface area contributed by atoms with E-state index in [9.17, 15) is 0 Å². The minimum Gasteiger partial charge on any atom is -0.329 e. The maximum absolute atomic E-state index is 5.97. The maximum Gasteiger partial charge on any atom is 0.104 e. The molecule has 1 unspecified atom stereocenters. The number of aryl methyl sites for hydroxylation is 1. The van der Waals surface area contributed by atoms with E-state index in [0.29, 0.717) is 0 Å². The summed E-state index contributed by atoms with van der Waals surface area (Å²) >= 11 is 0. The molecule has 1 aromatic rings. The molecule has 0 heterocycles. The van der Waals surface area contributed by atoms with Crippen LogP contribution in [0.3, 0.4) is 0 Å². The Morgan fingerprint density at radius 3 is 2.35 bits per heavy atom. The van der Waals surface area contributed by atoms with E-state index >= 15 is 0 Å². The average Bonchev–Trinajstić information content (AvgIpc) is 2.54. The molecular weight excluding hydrogens is 284 g/mol. The minimum atomic E-state index is 0.165. The van der Waals surface area contributed by atoms with Crippen LogP contribution in [0.25, 0.3) is 0 Å². The smallest absolute Gasteiger partial charge is 0.104 e. The third-order valence-electron chi connectivity index (χ3n) is 4.64. The van der Waals surface area contributed by atoms with Gasteiger partial charge in [0.25, 0.3) is 0 Å². The van der Waals surface area contributed by atoms with Crippen molar-refractivity contribution in [3.63, 3.8) is 0 Å². The van der Waals surface area contributed by atoms with Gasteiger partial charge in [-0.05, 0) is 38.7 Å². The molecule has 3 heteroatoms. The number of quaternary nitrogens is 1. The van der Waals surface area contributed by atoms with E-state index in [-0.39, 0.29) is 6.10 Å². The third-order valence-corrected chi connectivity index (χ3v) is 4.64. The van der Waals surface area contributed by atoms with E-state index in [1.54, 1.807) is 0 Å². The number of hydroxylamine groups is 1. The minimum absolute atomic E-state index is 0.165. The summed E-state index contributed by atoms with van der Waals surface area (Å²) in [5.41, 5.74) is 5.78. The van der Waals surface area contributed by atoms with E-state index < -0.39 is 0 Å². The summed E-state index contributed by atoms with van der Waals surface area (Å²) < 4.78 is 1.10. The summed E-state index contributed by atoms with van der Waals surface area (Å²) in [6, 6.07) is 8.72. The lowest BCUT2D eigenvalue weighted by Crippen LogP contribution is -2.40. The Kier molecular flexibility index (Phi) is 9.46. The largest absolute Gasteiger partial charge is 0.329 e. The van der Waals surface area contributed by atoms with Gasteiger partial charge in [-0.3, -0.25) is 4.84 Å². The predicted octanol–water partition coefficient (Wildman–Crippen LogP) is 4.62. The van der Waals surface area contributed by atoms with Crippen LogP contribution in [-0.2, 0) is 4.84 Å². The van der Waals surface area contributed by atoms with Crippen molar-refractivity contribution in [2.24, 2.45) is 0 Å². The fourth-order valence-corrected chi connectivity index (χ4v) is 2.52. The Hall–Kier alpha value is -0.900. The number of unbranched alkanes of at least 4 members (excludes halogenated alkanes) is 2. The summed E-state index contributed by atoms with van der Waals surface area (Å²) in [4.78, 5) is 5.97. The normalized spacial score (nSPS) is 13.3. The lowest BCUT2D eigenvalue weighted by atomic mass is 10.0. The molecule has 0 radical (unpaired) electrons. The van der Waals surface area contributed by atoms with Gasteiger partial charge >= 0.3 is 0 Å². The molecule has 0 spiro atoms. The van der Waals surface area contributed by atoms with Crippen LogP contribution in [0.15, 0.2) is 24.3 Å². The van der Waals surface area contributed by atoms with Crippen LogP contribution < -0.4 is 5.48 Å². The Morgan fingerprint density at radius 2 is 1.74 bits per heavy atom. The topological polar surface area (TPSA) is 21.3 Å². The maximum atomic E-state index is 5.97. The van der Waals surface area contributed by atoms with Gasteiger partial charge < -0.3 is 4.48 Å². The first kappa shape index (κ1) is 20.1. The molecule has 0 aliphatic heterocycles. The molecule has 0 amide bonds. The third kappa shape index (κ3) is 8.50. The van der Waals surface area contributed by atoms with Gasteiger partial charge in [0.1, 0.15) is 6.10 Å². The Morgan fingerprint density at radius 1 is 1.04 bits per heavy atom. The van der Waals surface area contributed by atoms with E-state index in [4.69, 9.17) is 4.84 Å². The lowest BCUT2D eigenvalue weighted by Gasteiger charge is -2.28. The van der Waals surface area contributed by atoms with Crippen LogP contribution in [0.5, 0.6) is 0 Å². The van der Waals surface area contributed by atoms with Crippen molar-refractivity contribution in [3.05, 3.63) is 35.4 Å². The Balaban J connectivity index is 2.33. The van der Waals surface area contributed by atoms with E-state index in [1.807, 2.05) is 0 Å². The van der Waals surface area contributed by atoms with Crippen molar-refractivity contribution >= 4 is 0 Å². The van der Waals surface area contributed by atoms with Crippen molar-refractivity contribution < 1.29 is 9.32 Å². The summed E-state index contributed by atoms with van der Waals surface area (Å²) in [5, 5.41) is 0. The second-order valence-corrected chi connectivity index (χ2v) is 7.24. The highest BCUT2D eigenvalue weighted by Crippen LogP contribution is 2.23. The highest BCUT2D eigenvalue weighted by atomic mass is 16.7. The zero-order chi connectivity index (χ0) is 17.1. The molecule has 0 saturated carbocycles. The molecular formula is C20H37N2O+. The van der Waals surface area contributed by atoms with Crippen LogP contribution >= 0.6 is 0 Å². The lowest BCUT2D eigenvalue weighted by molar-refractivity contribution is -0.888. The fraction of sp³-hybridized carbons (Fsp3) is 0.700. The second-order valence-electron chi connectivity index (χ2n) is 7.24. The number of nitrogens with one attached hydrogen (secondary N) is 1. The zero-order valence-electron chi connectivity index (χ0n) is 15.9. The zero-order valence-corrected chi connectivity index (χ0v) is 15.9. The van der Waals surface area contributed by atoms with E-state index in [1.165, 1.54) is 43.5 Å². The number of hydrogen-bond donors (Lipinski definition) is 1. The summed E-state index contributed by atoms with van der Waals surface area (Å²) in [6.45, 7) is 9.96. The molecule has 1 aromatic carbocycles. The molecule has 1 atom stereocenters. The quantitative estimate of drug-likeness (QED) is 0.344. The molecule has 0 saturated heterocycles. The van der Waals surface area contributed by atoms with Gasteiger partial charge in [0, 0.05) is 6.54 Å². The van der Waals surface area contributed by atoms with Crippen LogP contribution in [0.2, 0.25) is 0 Å². The first-order valence-corrected chi connectivity index (χ1v) is 9.25. The number of hydrogen-bond acceptors (Lipinski definition) is 2. The summed E-state index contributed by atoms with van der Waals surface area (Å²) in [7, 11) is 4.59.